The summed E-state index contributed by atoms with van der Waals surface area (Å²) in [7, 11) is 0. The van der Waals surface area contributed by atoms with Gasteiger partial charge >= 0.3 is 11.9 Å². The van der Waals surface area contributed by atoms with Crippen LogP contribution >= 0.6 is 0 Å². The second-order valence-electron chi connectivity index (χ2n) is 2.02. The van der Waals surface area contributed by atoms with E-state index in [-0.39, 0.29) is 16.9 Å². The third-order valence-electron chi connectivity index (χ3n) is 1.19. The zero-order valence-electron chi connectivity index (χ0n) is 6.39. The Balaban J connectivity index is 0.00000144. The second kappa shape index (κ2) is 4.17. The highest BCUT2D eigenvalue weighted by atomic mass is 16.4. The van der Waals surface area contributed by atoms with Crippen LogP contribution in [0.5, 0.6) is 0 Å². The van der Waals surface area contributed by atoms with Gasteiger partial charge < -0.3 is 15.7 Å². The normalized spacial score (nSPS) is 8.62. The molecule has 0 spiro atoms. The highest BCUT2D eigenvalue weighted by Crippen LogP contribution is 1.98. The summed E-state index contributed by atoms with van der Waals surface area (Å²) < 4.78 is 0. The summed E-state index contributed by atoms with van der Waals surface area (Å²) in [4.78, 5) is 24.0. The zero-order chi connectivity index (χ0) is 9.14. The molecule has 0 radical (unpaired) electrons. The minimum atomic E-state index is -1.24. The SMILES string of the molecule is O.O=C(O)c1cccc(C(=O)O)n1. The lowest BCUT2D eigenvalue weighted by Gasteiger charge is -1.94. The van der Waals surface area contributed by atoms with Crippen LogP contribution in [-0.4, -0.2) is 32.6 Å². The van der Waals surface area contributed by atoms with Crippen LogP contribution in [0.1, 0.15) is 21.0 Å². The fourth-order valence-electron chi connectivity index (χ4n) is 0.673. The number of aromatic carboxylic acids is 2. The number of pyridine rings is 1. The summed E-state index contributed by atoms with van der Waals surface area (Å²) in [6.07, 6.45) is 0. The van der Waals surface area contributed by atoms with Gasteiger partial charge in [-0.1, -0.05) is 6.07 Å². The average Bonchev–Trinajstić information content (AvgIpc) is 2.04. The summed E-state index contributed by atoms with van der Waals surface area (Å²) in [5, 5.41) is 16.9. The van der Waals surface area contributed by atoms with Gasteiger partial charge in [-0.2, -0.15) is 0 Å². The lowest BCUT2D eigenvalue weighted by atomic mass is 10.3. The number of rotatable bonds is 2. The maximum absolute atomic E-state index is 10.3. The quantitative estimate of drug-likeness (QED) is 0.652. The van der Waals surface area contributed by atoms with Gasteiger partial charge in [-0.05, 0) is 12.1 Å². The number of hydrogen-bond donors (Lipinski definition) is 2. The molecule has 1 heterocycles. The highest BCUT2D eigenvalue weighted by molar-refractivity contribution is 5.89. The van der Waals surface area contributed by atoms with Crippen LogP contribution < -0.4 is 0 Å². The molecule has 0 saturated carbocycles. The van der Waals surface area contributed by atoms with E-state index in [4.69, 9.17) is 10.2 Å². The summed E-state index contributed by atoms with van der Waals surface area (Å²) in [6.45, 7) is 0. The van der Waals surface area contributed by atoms with Gasteiger partial charge in [0, 0.05) is 0 Å². The van der Waals surface area contributed by atoms with Gasteiger partial charge in [0.15, 0.2) is 0 Å². The first kappa shape index (κ1) is 11.1. The van der Waals surface area contributed by atoms with Crippen LogP contribution in [0.25, 0.3) is 0 Å². The van der Waals surface area contributed by atoms with Crippen molar-refractivity contribution in [2.75, 3.05) is 0 Å². The largest absolute Gasteiger partial charge is 0.477 e. The maximum Gasteiger partial charge on any atom is 0.354 e. The molecule has 1 aromatic rings. The molecule has 0 bridgehead atoms. The molecule has 0 fully saturated rings. The van der Waals surface area contributed by atoms with Crippen LogP contribution in [0, 0.1) is 0 Å². The van der Waals surface area contributed by atoms with Crippen LogP contribution in [-0.2, 0) is 0 Å². The maximum atomic E-state index is 10.3. The second-order valence-corrected chi connectivity index (χ2v) is 2.02. The molecule has 0 unspecified atom stereocenters. The fourth-order valence-corrected chi connectivity index (χ4v) is 0.673. The topological polar surface area (TPSA) is 119 Å². The van der Waals surface area contributed by atoms with Gasteiger partial charge in [-0.3, -0.25) is 0 Å². The Bertz CT molecular complexity index is 306. The van der Waals surface area contributed by atoms with E-state index >= 15 is 0 Å². The first-order valence-corrected chi connectivity index (χ1v) is 3.05. The van der Waals surface area contributed by atoms with E-state index in [0.29, 0.717) is 0 Å². The van der Waals surface area contributed by atoms with Crippen LogP contribution in [0.15, 0.2) is 18.2 Å². The van der Waals surface area contributed by atoms with Crippen molar-refractivity contribution in [3.63, 3.8) is 0 Å². The minimum Gasteiger partial charge on any atom is -0.477 e. The number of hydrogen-bond acceptors (Lipinski definition) is 3. The lowest BCUT2D eigenvalue weighted by molar-refractivity contribution is 0.0685. The molecule has 13 heavy (non-hydrogen) atoms. The van der Waals surface area contributed by atoms with E-state index in [1.165, 1.54) is 18.2 Å². The molecular formula is C7H7NO5. The summed E-state index contributed by atoms with van der Waals surface area (Å²) >= 11 is 0. The Morgan fingerprint density at radius 3 is 1.77 bits per heavy atom. The van der Waals surface area contributed by atoms with Gasteiger partial charge in [0.05, 0.1) is 0 Å². The highest BCUT2D eigenvalue weighted by Gasteiger charge is 2.08. The molecule has 0 amide bonds. The minimum absolute atomic E-state index is 0. The van der Waals surface area contributed by atoms with Crippen LogP contribution in [0.2, 0.25) is 0 Å². The molecule has 1 aromatic heterocycles. The van der Waals surface area contributed by atoms with Crippen molar-refractivity contribution in [2.45, 2.75) is 0 Å². The predicted molar refractivity (Wildman–Crippen MR) is 41.8 cm³/mol. The van der Waals surface area contributed by atoms with Crippen molar-refractivity contribution in [2.24, 2.45) is 0 Å². The molecule has 6 nitrogen and oxygen atoms in total. The van der Waals surface area contributed by atoms with E-state index in [1.54, 1.807) is 0 Å². The molecule has 70 valence electrons. The number of nitrogens with zero attached hydrogens (tertiary/aromatic N) is 1. The van der Waals surface area contributed by atoms with Crippen molar-refractivity contribution in [1.82, 2.24) is 4.98 Å². The fraction of sp³-hybridized carbons (Fsp3) is 0. The zero-order valence-corrected chi connectivity index (χ0v) is 6.39. The number of aromatic nitrogens is 1. The average molecular weight is 185 g/mol. The van der Waals surface area contributed by atoms with Crippen LogP contribution in [0.3, 0.4) is 0 Å². The number of carboxylic acids is 2. The third kappa shape index (κ3) is 2.53. The Morgan fingerprint density at radius 2 is 1.46 bits per heavy atom. The molecule has 0 saturated heterocycles. The van der Waals surface area contributed by atoms with Crippen molar-refractivity contribution in [3.05, 3.63) is 29.6 Å². The standard InChI is InChI=1S/C7H5NO4.H2O/c9-6(10)4-2-1-3-5(8-4)7(11)12;/h1-3H,(H,9,10)(H,11,12);1H2. The Hall–Kier alpha value is -1.95. The monoisotopic (exact) mass is 185 g/mol. The predicted octanol–water partition coefficient (Wildman–Crippen LogP) is -0.347. The molecule has 6 heteroatoms. The smallest absolute Gasteiger partial charge is 0.354 e. The molecule has 0 atom stereocenters. The summed E-state index contributed by atoms with van der Waals surface area (Å²) in [5.41, 5.74) is -0.537. The van der Waals surface area contributed by atoms with Crippen molar-refractivity contribution >= 4 is 11.9 Å². The van der Waals surface area contributed by atoms with E-state index in [2.05, 4.69) is 4.98 Å². The van der Waals surface area contributed by atoms with Crippen LogP contribution in [0.4, 0.5) is 0 Å². The first-order chi connectivity index (χ1) is 5.61. The van der Waals surface area contributed by atoms with Crippen molar-refractivity contribution in [3.8, 4) is 0 Å². The summed E-state index contributed by atoms with van der Waals surface area (Å²) in [6, 6.07) is 3.80. The Morgan fingerprint density at radius 1 is 1.08 bits per heavy atom. The molecule has 0 aromatic carbocycles. The molecule has 0 aliphatic heterocycles. The van der Waals surface area contributed by atoms with Gasteiger partial charge in [-0.15, -0.1) is 0 Å². The van der Waals surface area contributed by atoms with Crippen molar-refractivity contribution in [1.29, 1.82) is 0 Å². The molecular weight excluding hydrogens is 178 g/mol. The van der Waals surface area contributed by atoms with Gasteiger partial charge in [-0.25, -0.2) is 14.6 Å². The number of carbonyl (C=O) groups is 2. The third-order valence-corrected chi connectivity index (χ3v) is 1.19. The lowest BCUT2D eigenvalue weighted by Crippen LogP contribution is -2.06. The Labute approximate surface area is 72.8 Å². The van der Waals surface area contributed by atoms with Gasteiger partial charge in [0.25, 0.3) is 0 Å². The Kier molecular flexibility index (Phi) is 3.54. The number of carboxylic acid groups (broad SMARTS) is 2. The van der Waals surface area contributed by atoms with Gasteiger partial charge in [0.1, 0.15) is 11.4 Å². The van der Waals surface area contributed by atoms with Gasteiger partial charge in [0.2, 0.25) is 0 Å². The van der Waals surface area contributed by atoms with E-state index in [9.17, 15) is 9.59 Å². The molecule has 4 N–H and O–H groups in total. The molecule has 0 aliphatic carbocycles. The van der Waals surface area contributed by atoms with Crippen molar-refractivity contribution < 1.29 is 25.3 Å². The molecule has 0 aliphatic rings. The first-order valence-electron chi connectivity index (χ1n) is 3.05. The summed E-state index contributed by atoms with van der Waals surface area (Å²) in [5.74, 6) is -2.48. The van der Waals surface area contributed by atoms with E-state index < -0.39 is 11.9 Å². The van der Waals surface area contributed by atoms with E-state index in [0.717, 1.165) is 0 Å². The molecule has 1 rings (SSSR count). The van der Waals surface area contributed by atoms with E-state index in [1.807, 2.05) is 0 Å².